The van der Waals surface area contributed by atoms with Gasteiger partial charge in [-0.1, -0.05) is 6.92 Å². The Morgan fingerprint density at radius 3 is 2.00 bits per heavy atom. The molecule has 0 saturated carbocycles. The first-order valence-corrected chi connectivity index (χ1v) is 4.42. The molecule has 1 saturated heterocycles. The summed E-state index contributed by atoms with van der Waals surface area (Å²) < 4.78 is 5.17. The largest absolute Gasteiger partial charge is 0.394 e. The predicted molar refractivity (Wildman–Crippen MR) is 44.1 cm³/mol. The fourth-order valence-electron chi connectivity index (χ4n) is 1.52. The summed E-state index contributed by atoms with van der Waals surface area (Å²) in [5.74, 6) is 0. The van der Waals surface area contributed by atoms with Crippen LogP contribution in [-0.2, 0) is 4.74 Å². The molecule has 0 radical (unpaired) electrons. The highest BCUT2D eigenvalue weighted by Crippen LogP contribution is 2.22. The maximum Gasteiger partial charge on any atom is 0.111 e. The van der Waals surface area contributed by atoms with Crippen LogP contribution >= 0.6 is 0 Å². The van der Waals surface area contributed by atoms with E-state index in [-0.39, 0.29) is 6.61 Å². The van der Waals surface area contributed by atoms with Gasteiger partial charge in [0.1, 0.15) is 24.4 Å². The Labute approximate surface area is 76.6 Å². The average Bonchev–Trinajstić information content (AvgIpc) is 2.15. The topological polar surface area (TPSA) is 90.2 Å². The molecule has 0 aromatic carbocycles. The Hall–Kier alpha value is -0.200. The lowest BCUT2D eigenvalue weighted by Crippen LogP contribution is -2.58. The number of hydrogen-bond acceptors (Lipinski definition) is 5. The van der Waals surface area contributed by atoms with Gasteiger partial charge >= 0.3 is 0 Å². The number of ether oxygens (including phenoxy) is 1. The molecule has 5 atom stereocenters. The van der Waals surface area contributed by atoms with Crippen molar-refractivity contribution in [3.63, 3.8) is 0 Å². The molecule has 0 bridgehead atoms. The fourth-order valence-corrected chi connectivity index (χ4v) is 1.52. The summed E-state index contributed by atoms with van der Waals surface area (Å²) in [5.41, 5.74) is 0. The highest BCUT2D eigenvalue weighted by atomic mass is 16.5. The molecular formula is C8H16O5. The van der Waals surface area contributed by atoms with Gasteiger partial charge < -0.3 is 25.2 Å². The summed E-state index contributed by atoms with van der Waals surface area (Å²) in [6.45, 7) is 1.44. The second-order valence-corrected chi connectivity index (χ2v) is 3.28. The van der Waals surface area contributed by atoms with E-state index >= 15 is 0 Å². The van der Waals surface area contributed by atoms with Gasteiger partial charge in [0.15, 0.2) is 0 Å². The molecule has 0 aromatic heterocycles. The quantitative estimate of drug-likeness (QED) is 0.416. The van der Waals surface area contributed by atoms with Gasteiger partial charge in [-0.15, -0.1) is 0 Å². The molecule has 4 N–H and O–H groups in total. The van der Waals surface area contributed by atoms with E-state index in [9.17, 15) is 15.3 Å². The van der Waals surface area contributed by atoms with Gasteiger partial charge in [-0.25, -0.2) is 0 Å². The first-order chi connectivity index (χ1) is 6.11. The van der Waals surface area contributed by atoms with Crippen LogP contribution in [0.1, 0.15) is 13.3 Å². The Balaban J connectivity index is 2.66. The van der Waals surface area contributed by atoms with Gasteiger partial charge in [-0.2, -0.15) is 0 Å². The van der Waals surface area contributed by atoms with Crippen LogP contribution in [0, 0.1) is 0 Å². The monoisotopic (exact) mass is 192 g/mol. The Morgan fingerprint density at radius 2 is 1.54 bits per heavy atom. The standard InChI is InChI=1S/C8H16O5/c1-2-4-6(10)8(12)7(11)5(3-9)13-4/h4-12H,2-3H2,1H3/t4-,5+,6?,7?,8?/m0/s1. The maximum atomic E-state index is 9.40. The summed E-state index contributed by atoms with van der Waals surface area (Å²) in [6.07, 6.45) is -4.33. The molecule has 1 aliphatic rings. The van der Waals surface area contributed by atoms with Crippen molar-refractivity contribution < 1.29 is 25.2 Å². The van der Waals surface area contributed by atoms with Crippen molar-refractivity contribution in [2.45, 2.75) is 43.9 Å². The summed E-state index contributed by atoms with van der Waals surface area (Å²) in [6, 6.07) is 0. The molecule has 78 valence electrons. The van der Waals surface area contributed by atoms with Gasteiger partial charge in [0, 0.05) is 0 Å². The second kappa shape index (κ2) is 4.34. The molecule has 1 heterocycles. The lowest BCUT2D eigenvalue weighted by molar-refractivity contribution is -0.229. The van der Waals surface area contributed by atoms with Crippen molar-refractivity contribution in [1.29, 1.82) is 0 Å². The average molecular weight is 192 g/mol. The zero-order chi connectivity index (χ0) is 10.0. The van der Waals surface area contributed by atoms with Crippen LogP contribution in [0.15, 0.2) is 0 Å². The first kappa shape index (κ1) is 10.9. The molecule has 5 heteroatoms. The van der Waals surface area contributed by atoms with Crippen molar-refractivity contribution in [1.82, 2.24) is 0 Å². The molecule has 5 nitrogen and oxygen atoms in total. The molecule has 0 aliphatic carbocycles. The van der Waals surface area contributed by atoms with E-state index < -0.39 is 30.5 Å². The lowest BCUT2D eigenvalue weighted by atomic mass is 9.94. The van der Waals surface area contributed by atoms with Gasteiger partial charge in [0.25, 0.3) is 0 Å². The van der Waals surface area contributed by atoms with E-state index in [0.29, 0.717) is 6.42 Å². The van der Waals surface area contributed by atoms with Crippen LogP contribution in [-0.4, -0.2) is 57.6 Å². The Kier molecular flexibility index (Phi) is 3.63. The van der Waals surface area contributed by atoms with Crippen molar-refractivity contribution in [3.05, 3.63) is 0 Å². The minimum atomic E-state index is -1.24. The zero-order valence-electron chi connectivity index (χ0n) is 7.50. The molecule has 0 aromatic rings. The summed E-state index contributed by atoms with van der Waals surface area (Å²) >= 11 is 0. The smallest absolute Gasteiger partial charge is 0.111 e. The molecule has 1 fully saturated rings. The van der Waals surface area contributed by atoms with Crippen LogP contribution in [0.25, 0.3) is 0 Å². The third-order valence-electron chi connectivity index (χ3n) is 2.39. The Morgan fingerprint density at radius 1 is 1.00 bits per heavy atom. The molecular weight excluding hydrogens is 176 g/mol. The van der Waals surface area contributed by atoms with Crippen molar-refractivity contribution in [2.75, 3.05) is 6.61 Å². The molecule has 3 unspecified atom stereocenters. The first-order valence-electron chi connectivity index (χ1n) is 4.42. The van der Waals surface area contributed by atoms with Gasteiger partial charge in [-0.05, 0) is 6.42 Å². The fraction of sp³-hybridized carbons (Fsp3) is 1.00. The number of aliphatic hydroxyl groups is 4. The van der Waals surface area contributed by atoms with Crippen molar-refractivity contribution >= 4 is 0 Å². The van der Waals surface area contributed by atoms with Gasteiger partial charge in [0.2, 0.25) is 0 Å². The van der Waals surface area contributed by atoms with E-state index in [1.165, 1.54) is 0 Å². The van der Waals surface area contributed by atoms with Gasteiger partial charge in [0.05, 0.1) is 12.7 Å². The Bertz CT molecular complexity index is 143. The van der Waals surface area contributed by atoms with Crippen LogP contribution in [0.4, 0.5) is 0 Å². The van der Waals surface area contributed by atoms with E-state index in [0.717, 1.165) is 0 Å². The summed E-state index contributed by atoms with van der Waals surface area (Å²) in [5, 5.41) is 36.9. The van der Waals surface area contributed by atoms with E-state index in [2.05, 4.69) is 0 Å². The zero-order valence-corrected chi connectivity index (χ0v) is 7.50. The van der Waals surface area contributed by atoms with E-state index in [1.807, 2.05) is 0 Å². The highest BCUT2D eigenvalue weighted by Gasteiger charge is 2.42. The third-order valence-corrected chi connectivity index (χ3v) is 2.39. The number of hydrogen-bond donors (Lipinski definition) is 4. The molecule has 1 rings (SSSR count). The molecule has 1 aliphatic heterocycles. The second-order valence-electron chi connectivity index (χ2n) is 3.28. The molecule has 0 spiro atoms. The van der Waals surface area contributed by atoms with E-state index in [1.54, 1.807) is 6.92 Å². The highest BCUT2D eigenvalue weighted by molar-refractivity contribution is 4.91. The van der Waals surface area contributed by atoms with Crippen molar-refractivity contribution in [2.24, 2.45) is 0 Å². The van der Waals surface area contributed by atoms with E-state index in [4.69, 9.17) is 9.84 Å². The molecule has 0 amide bonds. The molecule has 13 heavy (non-hydrogen) atoms. The van der Waals surface area contributed by atoms with Crippen LogP contribution < -0.4 is 0 Å². The minimum absolute atomic E-state index is 0.360. The van der Waals surface area contributed by atoms with Crippen LogP contribution in [0.3, 0.4) is 0 Å². The normalized spacial score (nSPS) is 46.4. The number of rotatable bonds is 2. The number of aliphatic hydroxyl groups excluding tert-OH is 4. The minimum Gasteiger partial charge on any atom is -0.394 e. The predicted octanol–water partition coefficient (Wildman–Crippen LogP) is -1.76. The van der Waals surface area contributed by atoms with Gasteiger partial charge in [-0.3, -0.25) is 0 Å². The van der Waals surface area contributed by atoms with Crippen molar-refractivity contribution in [3.8, 4) is 0 Å². The lowest BCUT2D eigenvalue weighted by Gasteiger charge is -2.39. The van der Waals surface area contributed by atoms with Crippen LogP contribution in [0.5, 0.6) is 0 Å². The third kappa shape index (κ3) is 2.00. The summed E-state index contributed by atoms with van der Waals surface area (Å²) in [4.78, 5) is 0. The maximum absolute atomic E-state index is 9.40. The summed E-state index contributed by atoms with van der Waals surface area (Å²) in [7, 11) is 0. The van der Waals surface area contributed by atoms with Crippen LogP contribution in [0.2, 0.25) is 0 Å². The SMILES string of the molecule is CC[C@@H]1O[C@H](CO)C(O)C(O)C1O.